The highest BCUT2D eigenvalue weighted by Crippen LogP contribution is 2.21. The van der Waals surface area contributed by atoms with Crippen molar-refractivity contribution < 1.29 is 19.2 Å². The topological polar surface area (TPSA) is 78.7 Å². The Kier molecular flexibility index (Phi) is 5.48. The van der Waals surface area contributed by atoms with Crippen LogP contribution in [0.15, 0.2) is 58.8 Å². The maximum absolute atomic E-state index is 11.8. The van der Waals surface area contributed by atoms with Gasteiger partial charge in [0.05, 0.1) is 12.0 Å². The number of carbonyl (C=O) groups is 1. The summed E-state index contributed by atoms with van der Waals surface area (Å²) in [6.45, 7) is 0. The third kappa shape index (κ3) is 4.65. The lowest BCUT2D eigenvalue weighted by Gasteiger charge is -2.08. The largest absolute Gasteiger partial charge is 0.463 e. The Bertz CT molecular complexity index is 738. The second-order valence-corrected chi connectivity index (χ2v) is 5.32. The van der Waals surface area contributed by atoms with Gasteiger partial charge < -0.3 is 9.47 Å². The van der Waals surface area contributed by atoms with E-state index in [9.17, 15) is 14.9 Å². The molecule has 7 heteroatoms. The summed E-state index contributed by atoms with van der Waals surface area (Å²) in [4.78, 5) is 22.0. The molecule has 0 saturated heterocycles. The van der Waals surface area contributed by atoms with Gasteiger partial charge in [-0.3, -0.25) is 10.1 Å². The van der Waals surface area contributed by atoms with Crippen molar-refractivity contribution >= 4 is 33.7 Å². The van der Waals surface area contributed by atoms with E-state index in [4.69, 9.17) is 9.47 Å². The van der Waals surface area contributed by atoms with Crippen LogP contribution in [0, 0.1) is 10.1 Å². The molecule has 0 spiro atoms. The van der Waals surface area contributed by atoms with Gasteiger partial charge in [-0.25, -0.2) is 4.79 Å². The summed E-state index contributed by atoms with van der Waals surface area (Å²) in [6.07, 6.45) is 1.46. The number of nitro benzene ring substituents is 1. The van der Waals surface area contributed by atoms with Gasteiger partial charge >= 0.3 is 5.97 Å². The highest BCUT2D eigenvalue weighted by molar-refractivity contribution is 9.10. The van der Waals surface area contributed by atoms with Gasteiger partial charge in [0.2, 0.25) is 5.76 Å². The fourth-order valence-corrected chi connectivity index (χ4v) is 1.97. The SMILES string of the molecule is COC(=O)/C(=C/c1ccc([N+](=O)[O-])cc1)Oc1ccc(Br)cc1. The first-order valence-electron chi connectivity index (χ1n) is 6.47. The number of hydrogen-bond donors (Lipinski definition) is 0. The third-order valence-corrected chi connectivity index (χ3v) is 3.36. The lowest BCUT2D eigenvalue weighted by molar-refractivity contribution is -0.384. The zero-order chi connectivity index (χ0) is 16.8. The minimum absolute atomic E-state index is 0.0244. The smallest absolute Gasteiger partial charge is 0.373 e. The van der Waals surface area contributed by atoms with Crippen LogP contribution < -0.4 is 4.74 Å². The molecule has 118 valence electrons. The van der Waals surface area contributed by atoms with Crippen LogP contribution in [0.2, 0.25) is 0 Å². The predicted octanol–water partition coefficient (Wildman–Crippen LogP) is 3.95. The molecule has 0 atom stereocenters. The van der Waals surface area contributed by atoms with E-state index in [1.807, 2.05) is 0 Å². The molecule has 0 amide bonds. The monoisotopic (exact) mass is 377 g/mol. The summed E-state index contributed by atoms with van der Waals surface area (Å²) in [5.41, 5.74) is 0.545. The van der Waals surface area contributed by atoms with Crippen molar-refractivity contribution in [1.82, 2.24) is 0 Å². The van der Waals surface area contributed by atoms with Gasteiger partial charge in [0.25, 0.3) is 5.69 Å². The summed E-state index contributed by atoms with van der Waals surface area (Å²) in [5.74, 6) is -0.207. The summed E-state index contributed by atoms with van der Waals surface area (Å²) in [5, 5.41) is 10.6. The highest BCUT2D eigenvalue weighted by Gasteiger charge is 2.13. The first-order valence-corrected chi connectivity index (χ1v) is 7.27. The van der Waals surface area contributed by atoms with Crippen molar-refractivity contribution in [3.63, 3.8) is 0 Å². The van der Waals surface area contributed by atoms with Gasteiger partial charge in [-0.05, 0) is 48.0 Å². The van der Waals surface area contributed by atoms with Crippen LogP contribution in [0.4, 0.5) is 5.69 Å². The van der Waals surface area contributed by atoms with E-state index in [-0.39, 0.29) is 11.4 Å². The molecule has 0 aliphatic heterocycles. The fourth-order valence-electron chi connectivity index (χ4n) is 1.70. The standard InChI is InChI=1S/C16H12BrNO5/c1-22-16(19)15(23-14-8-4-12(17)5-9-14)10-11-2-6-13(7-3-11)18(20)21/h2-10H,1H3/b15-10-. The lowest BCUT2D eigenvalue weighted by Crippen LogP contribution is -2.10. The summed E-state index contributed by atoms with van der Waals surface area (Å²) in [7, 11) is 1.25. The summed E-state index contributed by atoms with van der Waals surface area (Å²) in [6, 6.07) is 12.7. The van der Waals surface area contributed by atoms with E-state index in [1.54, 1.807) is 24.3 Å². The van der Waals surface area contributed by atoms with E-state index in [0.29, 0.717) is 11.3 Å². The van der Waals surface area contributed by atoms with Gasteiger partial charge in [-0.2, -0.15) is 0 Å². The molecule has 0 fully saturated rings. The molecule has 0 radical (unpaired) electrons. The Morgan fingerprint density at radius 2 is 1.74 bits per heavy atom. The molecule has 0 aromatic heterocycles. The number of esters is 1. The molecule has 2 rings (SSSR count). The molecule has 2 aromatic carbocycles. The number of non-ortho nitro benzene ring substituents is 1. The highest BCUT2D eigenvalue weighted by atomic mass is 79.9. The van der Waals surface area contributed by atoms with Crippen molar-refractivity contribution in [2.75, 3.05) is 7.11 Å². The molecule has 0 aliphatic carbocycles. The third-order valence-electron chi connectivity index (χ3n) is 2.83. The van der Waals surface area contributed by atoms with Crippen molar-refractivity contribution in [2.45, 2.75) is 0 Å². The summed E-state index contributed by atoms with van der Waals surface area (Å²) < 4.78 is 11.1. The van der Waals surface area contributed by atoms with Crippen LogP contribution in [-0.2, 0) is 9.53 Å². The molecular weight excluding hydrogens is 366 g/mol. The number of rotatable bonds is 5. The molecule has 0 aliphatic rings. The fraction of sp³-hybridized carbons (Fsp3) is 0.0625. The average molecular weight is 378 g/mol. The first kappa shape index (κ1) is 16.7. The summed E-state index contributed by atoms with van der Waals surface area (Å²) >= 11 is 3.31. The Balaban J connectivity index is 2.28. The van der Waals surface area contributed by atoms with Crippen molar-refractivity contribution in [3.8, 4) is 5.75 Å². The minimum Gasteiger partial charge on any atom is -0.463 e. The van der Waals surface area contributed by atoms with Crippen molar-refractivity contribution in [2.24, 2.45) is 0 Å². The van der Waals surface area contributed by atoms with Crippen LogP contribution in [0.25, 0.3) is 6.08 Å². The zero-order valence-corrected chi connectivity index (χ0v) is 13.6. The quantitative estimate of drug-likeness (QED) is 0.259. The normalized spacial score (nSPS) is 11.0. The van der Waals surface area contributed by atoms with Gasteiger partial charge in [0.15, 0.2) is 0 Å². The molecule has 23 heavy (non-hydrogen) atoms. The van der Waals surface area contributed by atoms with Crippen molar-refractivity contribution in [3.05, 3.63) is 74.4 Å². The average Bonchev–Trinajstić information content (AvgIpc) is 2.56. The number of carbonyl (C=O) groups excluding carboxylic acids is 1. The van der Waals surface area contributed by atoms with Gasteiger partial charge in [0.1, 0.15) is 5.75 Å². The van der Waals surface area contributed by atoms with Crippen LogP contribution in [0.1, 0.15) is 5.56 Å². The van der Waals surface area contributed by atoms with Crippen LogP contribution in [-0.4, -0.2) is 18.0 Å². The minimum atomic E-state index is -0.647. The number of nitrogens with zero attached hydrogens (tertiary/aromatic N) is 1. The molecular formula is C16H12BrNO5. The second-order valence-electron chi connectivity index (χ2n) is 4.40. The number of benzene rings is 2. The van der Waals surface area contributed by atoms with Crippen LogP contribution in [0.5, 0.6) is 5.75 Å². The van der Waals surface area contributed by atoms with E-state index in [2.05, 4.69) is 15.9 Å². The Morgan fingerprint density at radius 1 is 1.13 bits per heavy atom. The van der Waals surface area contributed by atoms with E-state index >= 15 is 0 Å². The van der Waals surface area contributed by atoms with Crippen LogP contribution >= 0.6 is 15.9 Å². The molecule has 6 nitrogen and oxygen atoms in total. The van der Waals surface area contributed by atoms with Crippen molar-refractivity contribution in [1.29, 1.82) is 0 Å². The molecule has 0 heterocycles. The molecule has 2 aromatic rings. The van der Waals surface area contributed by atoms with Gasteiger partial charge in [-0.15, -0.1) is 0 Å². The zero-order valence-electron chi connectivity index (χ0n) is 12.1. The van der Waals surface area contributed by atoms with E-state index in [1.165, 1.54) is 37.5 Å². The number of hydrogen-bond acceptors (Lipinski definition) is 5. The Labute approximate surface area is 140 Å². The lowest BCUT2D eigenvalue weighted by atomic mass is 10.2. The first-order chi connectivity index (χ1) is 11.0. The molecule has 0 saturated carbocycles. The maximum atomic E-state index is 11.8. The Hall–Kier alpha value is -2.67. The molecule has 0 N–H and O–H groups in total. The van der Waals surface area contributed by atoms with E-state index < -0.39 is 10.9 Å². The van der Waals surface area contributed by atoms with Gasteiger partial charge in [0, 0.05) is 16.6 Å². The number of methoxy groups -OCH3 is 1. The number of ether oxygens (including phenoxy) is 2. The number of nitro groups is 1. The Morgan fingerprint density at radius 3 is 2.26 bits per heavy atom. The maximum Gasteiger partial charge on any atom is 0.373 e. The second kappa shape index (κ2) is 7.55. The number of halogens is 1. The molecule has 0 bridgehead atoms. The van der Waals surface area contributed by atoms with Crippen LogP contribution in [0.3, 0.4) is 0 Å². The predicted molar refractivity (Wildman–Crippen MR) is 87.9 cm³/mol. The van der Waals surface area contributed by atoms with Gasteiger partial charge in [-0.1, -0.05) is 15.9 Å². The molecule has 0 unspecified atom stereocenters. The van der Waals surface area contributed by atoms with E-state index in [0.717, 1.165) is 4.47 Å².